The molecule has 4 aromatic heterocycles. The molecular weight excluding hydrogens is 392 g/mol. The van der Waals surface area contributed by atoms with E-state index in [1.165, 1.54) is 0 Å². The van der Waals surface area contributed by atoms with Crippen molar-refractivity contribution in [3.05, 3.63) is 59.2 Å². The average Bonchev–Trinajstić information content (AvgIpc) is 3.37. The molecule has 0 saturated carbocycles. The summed E-state index contributed by atoms with van der Waals surface area (Å²) < 4.78 is 5.44. The third-order valence-electron chi connectivity index (χ3n) is 5.80. The number of ether oxygens (including phenoxy) is 1. The van der Waals surface area contributed by atoms with E-state index in [4.69, 9.17) is 4.74 Å². The third-order valence-corrected chi connectivity index (χ3v) is 5.80. The zero-order valence-corrected chi connectivity index (χ0v) is 17.6. The number of hydrogen-bond donors (Lipinski definition) is 2. The largest absolute Gasteiger partial charge is 0.378 e. The molecule has 1 aliphatic rings. The van der Waals surface area contributed by atoms with Gasteiger partial charge >= 0.3 is 0 Å². The van der Waals surface area contributed by atoms with Crippen LogP contribution in [0.5, 0.6) is 0 Å². The number of H-pyrrole nitrogens is 2. The van der Waals surface area contributed by atoms with Gasteiger partial charge in [0.05, 0.1) is 13.2 Å². The second-order valence-corrected chi connectivity index (χ2v) is 7.89. The summed E-state index contributed by atoms with van der Waals surface area (Å²) in [5.74, 6) is 0.936. The van der Waals surface area contributed by atoms with E-state index in [1.807, 2.05) is 32.2 Å². The number of carbonyl (C=O) groups is 1. The van der Waals surface area contributed by atoms with Gasteiger partial charge < -0.3 is 14.6 Å². The number of aromatic nitrogens is 5. The van der Waals surface area contributed by atoms with Crippen LogP contribution in [0, 0.1) is 13.8 Å². The summed E-state index contributed by atoms with van der Waals surface area (Å²) in [5, 5.41) is 7.99. The van der Waals surface area contributed by atoms with Crippen molar-refractivity contribution < 1.29 is 9.53 Å². The number of carbonyl (C=O) groups excluding carboxylic acids is 1. The lowest BCUT2D eigenvalue weighted by Crippen LogP contribution is -2.36. The molecular formula is C23H24N6O2. The molecule has 0 radical (unpaired) electrons. The third kappa shape index (κ3) is 3.82. The Bertz CT molecular complexity index is 1250. The molecule has 0 aromatic carbocycles. The summed E-state index contributed by atoms with van der Waals surface area (Å²) in [6, 6.07) is 8.16. The molecule has 1 fully saturated rings. The number of nitrogens with zero attached hydrogens (tertiary/aromatic N) is 4. The summed E-state index contributed by atoms with van der Waals surface area (Å²) in [6.45, 7) is 6.96. The first-order valence-electron chi connectivity index (χ1n) is 10.4. The van der Waals surface area contributed by atoms with Crippen molar-refractivity contribution in [2.45, 2.75) is 20.3 Å². The van der Waals surface area contributed by atoms with E-state index in [2.05, 4.69) is 42.2 Å². The van der Waals surface area contributed by atoms with Gasteiger partial charge in [-0.3, -0.25) is 9.89 Å². The Kier molecular flexibility index (Phi) is 4.99. The highest BCUT2D eigenvalue weighted by Gasteiger charge is 2.17. The number of rotatable bonds is 5. The first-order valence-corrected chi connectivity index (χ1v) is 10.4. The SMILES string of the molecule is Cc1[nH]nc(C(=O)Cc2cnc3[nH]c(-c4ccnc(N5CCOCC5)c4)cc3c2)c1C. The second-order valence-electron chi connectivity index (χ2n) is 7.89. The van der Waals surface area contributed by atoms with Crippen LogP contribution in [0.4, 0.5) is 5.82 Å². The Hall–Kier alpha value is -3.52. The number of morpholine rings is 1. The monoisotopic (exact) mass is 416 g/mol. The zero-order valence-electron chi connectivity index (χ0n) is 17.6. The van der Waals surface area contributed by atoms with E-state index in [0.29, 0.717) is 5.69 Å². The maximum Gasteiger partial charge on any atom is 0.187 e. The van der Waals surface area contributed by atoms with Crippen molar-refractivity contribution in [1.29, 1.82) is 0 Å². The molecule has 0 amide bonds. The lowest BCUT2D eigenvalue weighted by Gasteiger charge is -2.27. The van der Waals surface area contributed by atoms with E-state index in [0.717, 1.165) is 71.2 Å². The van der Waals surface area contributed by atoms with Crippen LogP contribution < -0.4 is 4.90 Å². The minimum Gasteiger partial charge on any atom is -0.378 e. The number of fused-ring (bicyclic) bond motifs is 1. The summed E-state index contributed by atoms with van der Waals surface area (Å²) in [4.78, 5) is 27.3. The molecule has 0 aliphatic carbocycles. The van der Waals surface area contributed by atoms with E-state index in [9.17, 15) is 4.79 Å². The van der Waals surface area contributed by atoms with Crippen molar-refractivity contribution in [3.63, 3.8) is 0 Å². The summed E-state index contributed by atoms with van der Waals surface area (Å²) in [7, 11) is 0. The minimum atomic E-state index is -0.0111. The van der Waals surface area contributed by atoms with Crippen LogP contribution >= 0.6 is 0 Å². The average molecular weight is 416 g/mol. The fourth-order valence-electron chi connectivity index (χ4n) is 3.89. The molecule has 158 valence electrons. The number of aryl methyl sites for hydroxylation is 1. The Morgan fingerprint density at radius 3 is 2.77 bits per heavy atom. The Balaban J connectivity index is 1.40. The van der Waals surface area contributed by atoms with Crippen LogP contribution in [0.25, 0.3) is 22.3 Å². The molecule has 0 unspecified atom stereocenters. The quantitative estimate of drug-likeness (QED) is 0.485. The van der Waals surface area contributed by atoms with Gasteiger partial charge in [0.15, 0.2) is 5.78 Å². The number of anilines is 1. The molecule has 8 heteroatoms. The number of Topliss-reactive ketones (excluding diaryl/α,β-unsaturated/α-hetero) is 1. The molecule has 2 N–H and O–H groups in total. The maximum absolute atomic E-state index is 12.7. The van der Waals surface area contributed by atoms with Gasteiger partial charge in [0, 0.05) is 59.8 Å². The lowest BCUT2D eigenvalue weighted by molar-refractivity contribution is 0.0987. The molecule has 8 nitrogen and oxygen atoms in total. The van der Waals surface area contributed by atoms with Gasteiger partial charge in [-0.15, -0.1) is 0 Å². The first kappa shape index (κ1) is 19.4. The number of ketones is 1. The molecule has 5 rings (SSSR count). The Labute approximate surface area is 179 Å². The fourth-order valence-corrected chi connectivity index (χ4v) is 3.89. The highest BCUT2D eigenvalue weighted by atomic mass is 16.5. The van der Waals surface area contributed by atoms with Crippen molar-refractivity contribution >= 4 is 22.6 Å². The molecule has 0 bridgehead atoms. The predicted molar refractivity (Wildman–Crippen MR) is 118 cm³/mol. The molecule has 1 saturated heterocycles. The first-order chi connectivity index (χ1) is 15.1. The minimum absolute atomic E-state index is 0.0111. The fraction of sp³-hybridized carbons (Fsp3) is 0.304. The van der Waals surface area contributed by atoms with Crippen molar-refractivity contribution in [3.8, 4) is 11.3 Å². The number of nitrogens with one attached hydrogen (secondary N) is 2. The topological polar surface area (TPSA) is 99.8 Å². The van der Waals surface area contributed by atoms with Gasteiger partial charge in [-0.1, -0.05) is 0 Å². The second kappa shape index (κ2) is 7.96. The number of pyridine rings is 2. The van der Waals surface area contributed by atoms with Crippen LogP contribution in [0.15, 0.2) is 36.7 Å². The summed E-state index contributed by atoms with van der Waals surface area (Å²) in [5.41, 5.74) is 6.00. The van der Waals surface area contributed by atoms with Crippen molar-refractivity contribution in [1.82, 2.24) is 25.1 Å². The standard InChI is InChI=1S/C23H24N6O2/c1-14-15(2)27-28-22(14)20(30)10-16-9-18-11-19(26-23(18)25-13-16)17-3-4-24-21(12-17)29-5-7-31-8-6-29/h3-4,9,11-13H,5-8,10H2,1-2H3,(H,25,26)(H,27,28). The van der Waals surface area contributed by atoms with E-state index in [1.54, 1.807) is 6.20 Å². The van der Waals surface area contributed by atoms with Gasteiger partial charge in [0.25, 0.3) is 0 Å². The van der Waals surface area contributed by atoms with Crippen LogP contribution in [0.3, 0.4) is 0 Å². The van der Waals surface area contributed by atoms with Crippen molar-refractivity contribution in [2.24, 2.45) is 0 Å². The molecule has 0 spiro atoms. The molecule has 5 heterocycles. The Morgan fingerprint density at radius 2 is 2.00 bits per heavy atom. The molecule has 1 aliphatic heterocycles. The van der Waals surface area contributed by atoms with Crippen molar-refractivity contribution in [2.75, 3.05) is 31.2 Å². The van der Waals surface area contributed by atoms with Crippen LogP contribution in [0.2, 0.25) is 0 Å². The van der Waals surface area contributed by atoms with E-state index < -0.39 is 0 Å². The molecule has 0 atom stereocenters. The van der Waals surface area contributed by atoms with E-state index >= 15 is 0 Å². The molecule has 4 aromatic rings. The highest BCUT2D eigenvalue weighted by molar-refractivity contribution is 5.97. The van der Waals surface area contributed by atoms with Gasteiger partial charge in [-0.25, -0.2) is 9.97 Å². The van der Waals surface area contributed by atoms with E-state index in [-0.39, 0.29) is 12.2 Å². The van der Waals surface area contributed by atoms with Gasteiger partial charge in [-0.2, -0.15) is 5.10 Å². The molecule has 31 heavy (non-hydrogen) atoms. The zero-order chi connectivity index (χ0) is 21.4. The Morgan fingerprint density at radius 1 is 1.16 bits per heavy atom. The van der Waals surface area contributed by atoms with Gasteiger partial charge in [0.2, 0.25) is 0 Å². The summed E-state index contributed by atoms with van der Waals surface area (Å²) >= 11 is 0. The van der Waals surface area contributed by atoms with Crippen LogP contribution in [0.1, 0.15) is 27.3 Å². The smallest absolute Gasteiger partial charge is 0.187 e. The lowest BCUT2D eigenvalue weighted by atomic mass is 10.0. The van der Waals surface area contributed by atoms with Crippen LogP contribution in [-0.4, -0.2) is 57.2 Å². The van der Waals surface area contributed by atoms with Gasteiger partial charge in [-0.05, 0) is 43.7 Å². The maximum atomic E-state index is 12.7. The number of aromatic amines is 2. The number of hydrogen-bond acceptors (Lipinski definition) is 6. The van der Waals surface area contributed by atoms with Gasteiger partial charge in [0.1, 0.15) is 17.2 Å². The highest BCUT2D eigenvalue weighted by Crippen LogP contribution is 2.26. The summed E-state index contributed by atoms with van der Waals surface area (Å²) in [6.07, 6.45) is 3.85. The predicted octanol–water partition coefficient (Wildman–Crippen LogP) is 3.23. The van der Waals surface area contributed by atoms with Crippen LogP contribution in [-0.2, 0) is 11.2 Å². The normalized spacial score (nSPS) is 14.3.